The summed E-state index contributed by atoms with van der Waals surface area (Å²) in [6.07, 6.45) is 3.27. The minimum atomic E-state index is -0.0768. The second-order valence-electron chi connectivity index (χ2n) is 5.35. The number of para-hydroxylation sites is 1. The summed E-state index contributed by atoms with van der Waals surface area (Å²) in [7, 11) is 0. The van der Waals surface area contributed by atoms with Crippen molar-refractivity contribution in [1.29, 1.82) is 0 Å². The minimum absolute atomic E-state index is 0.0768. The molecule has 0 bridgehead atoms. The molecular formula is C20H18N2O2S. The maximum absolute atomic E-state index is 12.7. The van der Waals surface area contributed by atoms with Crippen molar-refractivity contribution in [2.45, 2.75) is 6.54 Å². The molecule has 0 spiro atoms. The van der Waals surface area contributed by atoms with Gasteiger partial charge >= 0.3 is 0 Å². The fourth-order valence-corrected chi connectivity index (χ4v) is 3.04. The Labute approximate surface area is 151 Å². The number of nitrogens with zero attached hydrogens (tertiary/aromatic N) is 2. The highest BCUT2D eigenvalue weighted by Crippen LogP contribution is 2.20. The van der Waals surface area contributed by atoms with E-state index >= 15 is 0 Å². The van der Waals surface area contributed by atoms with E-state index < -0.39 is 0 Å². The molecule has 0 saturated carbocycles. The number of amides is 1. The fourth-order valence-electron chi connectivity index (χ4n) is 2.32. The van der Waals surface area contributed by atoms with Crippen molar-refractivity contribution in [3.8, 4) is 11.6 Å². The van der Waals surface area contributed by atoms with E-state index in [1.165, 1.54) is 0 Å². The number of hydrogen-bond acceptors (Lipinski definition) is 4. The van der Waals surface area contributed by atoms with E-state index in [9.17, 15) is 4.79 Å². The molecule has 0 N–H and O–H groups in total. The summed E-state index contributed by atoms with van der Waals surface area (Å²) in [5.41, 5.74) is 0.527. The predicted octanol–water partition coefficient (Wildman–Crippen LogP) is 4.76. The number of rotatable bonds is 7. The van der Waals surface area contributed by atoms with Crippen LogP contribution in [0.25, 0.3) is 0 Å². The maximum Gasteiger partial charge on any atom is 0.256 e. The van der Waals surface area contributed by atoms with E-state index in [0.29, 0.717) is 30.3 Å². The van der Waals surface area contributed by atoms with Crippen molar-refractivity contribution < 1.29 is 9.53 Å². The molecule has 3 rings (SSSR count). The lowest BCUT2D eigenvalue weighted by atomic mass is 10.2. The Morgan fingerprint density at radius 2 is 2.00 bits per heavy atom. The van der Waals surface area contributed by atoms with E-state index in [-0.39, 0.29) is 5.91 Å². The Balaban J connectivity index is 1.70. The predicted molar refractivity (Wildman–Crippen MR) is 100 cm³/mol. The number of benzene rings is 1. The third-order valence-electron chi connectivity index (χ3n) is 3.51. The molecule has 3 aromatic rings. The average molecular weight is 350 g/mol. The first kappa shape index (κ1) is 16.9. The van der Waals surface area contributed by atoms with Crippen molar-refractivity contribution in [3.63, 3.8) is 0 Å². The van der Waals surface area contributed by atoms with Crippen LogP contribution in [0, 0.1) is 0 Å². The SMILES string of the molecule is C=CCN(Cc1cccs1)C(=O)c1ccc(Oc2ccccc2)nc1. The normalized spacial score (nSPS) is 10.2. The topological polar surface area (TPSA) is 42.4 Å². The molecule has 1 amide bonds. The molecule has 0 saturated heterocycles. The fraction of sp³-hybridized carbons (Fsp3) is 0.100. The molecule has 0 atom stereocenters. The van der Waals surface area contributed by atoms with Crippen LogP contribution in [0.2, 0.25) is 0 Å². The largest absolute Gasteiger partial charge is 0.439 e. The average Bonchev–Trinajstić information content (AvgIpc) is 3.15. The Bertz CT molecular complexity index is 815. The van der Waals surface area contributed by atoms with Crippen LogP contribution < -0.4 is 4.74 Å². The molecule has 126 valence electrons. The lowest BCUT2D eigenvalue weighted by molar-refractivity contribution is 0.0764. The second kappa shape index (κ2) is 8.26. The minimum Gasteiger partial charge on any atom is -0.439 e. The smallest absolute Gasteiger partial charge is 0.256 e. The standard InChI is InChI=1S/C20H18N2O2S/c1-2-12-22(15-18-9-6-13-25-18)20(23)16-10-11-19(21-14-16)24-17-7-4-3-5-8-17/h2-11,13-14H,1,12,15H2. The van der Waals surface area contributed by atoms with Crippen molar-refractivity contribution >= 4 is 17.2 Å². The number of pyridine rings is 1. The molecule has 0 aliphatic heterocycles. The summed E-state index contributed by atoms with van der Waals surface area (Å²) in [5, 5.41) is 2.00. The molecule has 0 radical (unpaired) electrons. The summed E-state index contributed by atoms with van der Waals surface area (Å²) in [6.45, 7) is 4.79. The van der Waals surface area contributed by atoms with Crippen LogP contribution in [-0.2, 0) is 6.54 Å². The lowest BCUT2D eigenvalue weighted by Gasteiger charge is -2.20. The van der Waals surface area contributed by atoms with E-state index in [1.54, 1.807) is 40.6 Å². The molecule has 0 aliphatic rings. The van der Waals surface area contributed by atoms with Crippen molar-refractivity contribution in [2.75, 3.05) is 6.54 Å². The summed E-state index contributed by atoms with van der Waals surface area (Å²) in [6, 6.07) is 16.9. The first-order chi connectivity index (χ1) is 12.3. The Morgan fingerprint density at radius 1 is 1.16 bits per heavy atom. The summed E-state index contributed by atoms with van der Waals surface area (Å²) >= 11 is 1.63. The maximum atomic E-state index is 12.7. The highest BCUT2D eigenvalue weighted by atomic mass is 32.1. The van der Waals surface area contributed by atoms with Crippen LogP contribution in [0.15, 0.2) is 78.8 Å². The molecule has 25 heavy (non-hydrogen) atoms. The molecule has 0 unspecified atom stereocenters. The van der Waals surface area contributed by atoms with Gasteiger partial charge in [-0.1, -0.05) is 30.3 Å². The van der Waals surface area contributed by atoms with E-state index in [0.717, 1.165) is 4.88 Å². The number of aromatic nitrogens is 1. The van der Waals surface area contributed by atoms with Gasteiger partial charge in [0.05, 0.1) is 12.1 Å². The Kier molecular flexibility index (Phi) is 5.59. The van der Waals surface area contributed by atoms with Gasteiger partial charge in [-0.05, 0) is 29.6 Å². The Morgan fingerprint density at radius 3 is 2.64 bits per heavy atom. The van der Waals surface area contributed by atoms with Gasteiger partial charge in [0.25, 0.3) is 5.91 Å². The van der Waals surface area contributed by atoms with E-state index in [4.69, 9.17) is 4.74 Å². The van der Waals surface area contributed by atoms with Gasteiger partial charge in [0, 0.05) is 23.7 Å². The van der Waals surface area contributed by atoms with Crippen LogP contribution in [0.5, 0.6) is 11.6 Å². The highest BCUT2D eigenvalue weighted by Gasteiger charge is 2.16. The van der Waals surface area contributed by atoms with Crippen LogP contribution >= 0.6 is 11.3 Å². The summed E-state index contributed by atoms with van der Waals surface area (Å²) < 4.78 is 5.66. The molecule has 2 heterocycles. The number of carbonyl (C=O) groups excluding carboxylic acids is 1. The first-order valence-electron chi connectivity index (χ1n) is 7.88. The molecule has 0 fully saturated rings. The van der Waals surface area contributed by atoms with Gasteiger partial charge in [-0.3, -0.25) is 4.79 Å². The zero-order chi connectivity index (χ0) is 17.5. The quantitative estimate of drug-likeness (QED) is 0.577. The van der Waals surface area contributed by atoms with Crippen LogP contribution in [-0.4, -0.2) is 22.3 Å². The number of hydrogen-bond donors (Lipinski definition) is 0. The van der Waals surface area contributed by atoms with E-state index in [1.807, 2.05) is 47.8 Å². The monoisotopic (exact) mass is 350 g/mol. The van der Waals surface area contributed by atoms with Gasteiger partial charge in [-0.2, -0.15) is 0 Å². The molecule has 4 nitrogen and oxygen atoms in total. The van der Waals surface area contributed by atoms with Gasteiger partial charge in [0.1, 0.15) is 5.75 Å². The number of ether oxygens (including phenoxy) is 1. The van der Waals surface area contributed by atoms with Crippen LogP contribution in [0.3, 0.4) is 0 Å². The first-order valence-corrected chi connectivity index (χ1v) is 8.76. The van der Waals surface area contributed by atoms with Crippen molar-refractivity contribution in [1.82, 2.24) is 9.88 Å². The molecule has 0 aliphatic carbocycles. The van der Waals surface area contributed by atoms with Crippen molar-refractivity contribution in [3.05, 3.63) is 89.3 Å². The lowest BCUT2D eigenvalue weighted by Crippen LogP contribution is -2.30. The summed E-state index contributed by atoms with van der Waals surface area (Å²) in [5.74, 6) is 1.09. The van der Waals surface area contributed by atoms with Gasteiger partial charge in [-0.25, -0.2) is 4.98 Å². The molecular weight excluding hydrogens is 332 g/mol. The van der Waals surface area contributed by atoms with Crippen LogP contribution in [0.4, 0.5) is 0 Å². The molecule has 2 aromatic heterocycles. The highest BCUT2D eigenvalue weighted by molar-refractivity contribution is 7.09. The van der Waals surface area contributed by atoms with Crippen molar-refractivity contribution in [2.24, 2.45) is 0 Å². The Hall–Kier alpha value is -2.92. The van der Waals surface area contributed by atoms with Gasteiger partial charge in [0.2, 0.25) is 5.88 Å². The van der Waals surface area contributed by atoms with Gasteiger partial charge in [-0.15, -0.1) is 17.9 Å². The molecule has 5 heteroatoms. The third kappa shape index (κ3) is 4.55. The van der Waals surface area contributed by atoms with Gasteiger partial charge in [0.15, 0.2) is 0 Å². The van der Waals surface area contributed by atoms with Gasteiger partial charge < -0.3 is 9.64 Å². The second-order valence-corrected chi connectivity index (χ2v) is 6.39. The zero-order valence-electron chi connectivity index (χ0n) is 13.7. The zero-order valence-corrected chi connectivity index (χ0v) is 14.5. The van der Waals surface area contributed by atoms with Crippen LogP contribution in [0.1, 0.15) is 15.2 Å². The van der Waals surface area contributed by atoms with E-state index in [2.05, 4.69) is 11.6 Å². The third-order valence-corrected chi connectivity index (χ3v) is 4.37. The molecule has 1 aromatic carbocycles. The number of carbonyl (C=O) groups is 1. The number of thiophene rings is 1. The summed E-state index contributed by atoms with van der Waals surface area (Å²) in [4.78, 5) is 19.8.